The van der Waals surface area contributed by atoms with Crippen molar-refractivity contribution in [2.45, 2.75) is 24.8 Å². The van der Waals surface area contributed by atoms with Crippen molar-refractivity contribution < 1.29 is 36.7 Å². The normalized spacial score (nSPS) is 16.8. The van der Waals surface area contributed by atoms with Crippen LogP contribution in [0.25, 0.3) is 5.69 Å². The van der Waals surface area contributed by atoms with Crippen LogP contribution in [0.4, 0.5) is 23.2 Å². The van der Waals surface area contributed by atoms with Gasteiger partial charge in [0, 0.05) is 19.5 Å². The van der Waals surface area contributed by atoms with Crippen molar-refractivity contribution in [3.05, 3.63) is 55.6 Å². The number of benzene rings is 1. The van der Waals surface area contributed by atoms with Gasteiger partial charge in [-0.05, 0) is 19.1 Å². The van der Waals surface area contributed by atoms with Gasteiger partial charge in [-0.3, -0.25) is 28.6 Å². The Hall–Kier alpha value is -3.66. The van der Waals surface area contributed by atoms with Gasteiger partial charge in [0.1, 0.15) is 23.3 Å². The lowest BCUT2D eigenvalue weighted by molar-refractivity contribution is -0.146. The molecule has 1 fully saturated rings. The fraction of sp³-hybridized carbons (Fsp3) is 0.333. The third kappa shape index (κ3) is 5.91. The molecule has 0 saturated carbocycles. The highest BCUT2D eigenvalue weighted by Crippen LogP contribution is 2.35. The molecule has 38 heavy (non-hydrogen) atoms. The molecule has 1 saturated heterocycles. The van der Waals surface area contributed by atoms with E-state index in [-0.39, 0.29) is 37.7 Å². The first-order valence-electron chi connectivity index (χ1n) is 10.6. The minimum Gasteiger partial charge on any atom is -0.465 e. The van der Waals surface area contributed by atoms with Crippen molar-refractivity contribution in [3.8, 4) is 5.69 Å². The molecule has 3 rings (SSSR count). The number of primary amides is 1. The van der Waals surface area contributed by atoms with Crippen LogP contribution < -0.4 is 17.0 Å². The smallest absolute Gasteiger partial charge is 0.431 e. The minimum absolute atomic E-state index is 0.00911. The maximum Gasteiger partial charge on any atom is 0.431 e. The quantitative estimate of drug-likeness (QED) is 0.388. The Morgan fingerprint density at radius 2 is 1.87 bits per heavy atom. The number of halogens is 5. The number of hydrogen-bond acceptors (Lipinski definition) is 8. The molecule has 2 amide bonds. The number of carbonyl (C=O) groups is 3. The number of thioether (sulfide) groups is 1. The zero-order chi connectivity index (χ0) is 28.5. The summed E-state index contributed by atoms with van der Waals surface area (Å²) in [7, 11) is 0.753. The zero-order valence-corrected chi connectivity index (χ0v) is 21.1. The van der Waals surface area contributed by atoms with E-state index in [4.69, 9.17) is 22.1 Å². The highest BCUT2D eigenvalue weighted by Gasteiger charge is 2.40. The molecule has 2 aromatic rings. The highest BCUT2D eigenvalue weighted by atomic mass is 35.5. The maximum atomic E-state index is 14.8. The van der Waals surface area contributed by atoms with E-state index in [1.807, 2.05) is 0 Å². The summed E-state index contributed by atoms with van der Waals surface area (Å²) in [5.74, 6) is -3.55. The van der Waals surface area contributed by atoms with Crippen molar-refractivity contribution >= 4 is 52.0 Å². The van der Waals surface area contributed by atoms with Crippen LogP contribution in [0.1, 0.15) is 19.0 Å². The number of carbonyl (C=O) groups excluding carboxylic acids is 3. The van der Waals surface area contributed by atoms with Crippen LogP contribution >= 0.6 is 23.4 Å². The van der Waals surface area contributed by atoms with Gasteiger partial charge in [0.05, 0.1) is 23.0 Å². The summed E-state index contributed by atoms with van der Waals surface area (Å²) in [6.07, 6.45) is -5.43. The molecule has 1 aliphatic rings. The summed E-state index contributed by atoms with van der Waals surface area (Å²) in [5, 5.41) is -1.58. The standard InChI is InChI=1S/C21H18ClF4N5O6S/c1-3-37-17(34)8-30-18(35)13(6-15(27)32)38-19(30)28-11-5-12(10(23)4-9(11)22)31-16(33)7-14(21(24,25)26)29(2)20(31)36/h4-5,7,13H,3,6,8H2,1-2H3,(H2,27,32)/b28-19-. The lowest BCUT2D eigenvalue weighted by Crippen LogP contribution is -2.41. The molecular weight excluding hydrogens is 562 g/mol. The van der Waals surface area contributed by atoms with Gasteiger partial charge in [-0.25, -0.2) is 18.7 Å². The number of nitrogens with two attached hydrogens (primary N) is 1. The number of aromatic nitrogens is 2. The minimum atomic E-state index is -5.03. The van der Waals surface area contributed by atoms with Gasteiger partial charge < -0.3 is 10.5 Å². The number of aliphatic imine (C=N–C) groups is 1. The predicted molar refractivity (Wildman–Crippen MR) is 128 cm³/mol. The van der Waals surface area contributed by atoms with Crippen LogP contribution in [0.15, 0.2) is 32.8 Å². The first kappa shape index (κ1) is 28.9. The van der Waals surface area contributed by atoms with E-state index in [2.05, 4.69) is 4.99 Å². The maximum absolute atomic E-state index is 14.8. The van der Waals surface area contributed by atoms with E-state index in [1.54, 1.807) is 0 Å². The highest BCUT2D eigenvalue weighted by molar-refractivity contribution is 8.15. The molecule has 1 aliphatic heterocycles. The first-order chi connectivity index (χ1) is 17.6. The molecule has 1 aromatic heterocycles. The number of esters is 1. The van der Waals surface area contributed by atoms with E-state index in [0.717, 1.165) is 29.8 Å². The third-order valence-electron chi connectivity index (χ3n) is 5.08. The summed E-state index contributed by atoms with van der Waals surface area (Å²) in [4.78, 5) is 66.3. The van der Waals surface area contributed by atoms with E-state index in [1.165, 1.54) is 6.92 Å². The van der Waals surface area contributed by atoms with E-state index < -0.39 is 70.6 Å². The molecule has 17 heteroatoms. The number of ether oxygens (including phenoxy) is 1. The van der Waals surface area contributed by atoms with Crippen molar-refractivity contribution in [2.24, 2.45) is 17.8 Å². The van der Waals surface area contributed by atoms with Gasteiger partial charge in [0.15, 0.2) is 5.17 Å². The van der Waals surface area contributed by atoms with Crippen molar-refractivity contribution in [1.82, 2.24) is 14.0 Å². The van der Waals surface area contributed by atoms with Crippen LogP contribution in [0, 0.1) is 5.82 Å². The van der Waals surface area contributed by atoms with Crippen molar-refractivity contribution in [1.29, 1.82) is 0 Å². The predicted octanol–water partition coefficient (Wildman–Crippen LogP) is 1.72. The van der Waals surface area contributed by atoms with Gasteiger partial charge in [-0.1, -0.05) is 23.4 Å². The van der Waals surface area contributed by atoms with Gasteiger partial charge in [0.25, 0.3) is 5.56 Å². The van der Waals surface area contributed by atoms with E-state index in [0.29, 0.717) is 6.07 Å². The number of nitrogens with zero attached hydrogens (tertiary/aromatic N) is 4. The molecule has 1 atom stereocenters. The molecule has 0 spiro atoms. The van der Waals surface area contributed by atoms with Crippen LogP contribution in [-0.4, -0.2) is 55.4 Å². The zero-order valence-electron chi connectivity index (χ0n) is 19.5. The van der Waals surface area contributed by atoms with Crippen LogP contribution in [0.5, 0.6) is 0 Å². The SMILES string of the molecule is CCOC(=O)CN1C(=O)C(CC(N)=O)S/C1=N\c1cc(-n2c(=O)cc(C(F)(F)F)n(C)c2=O)c(F)cc1Cl. The third-order valence-corrected chi connectivity index (χ3v) is 6.56. The van der Waals surface area contributed by atoms with Crippen LogP contribution in [0.3, 0.4) is 0 Å². The van der Waals surface area contributed by atoms with Gasteiger partial charge >= 0.3 is 17.8 Å². The number of amidine groups is 1. The number of hydrogen-bond donors (Lipinski definition) is 1. The Balaban J connectivity index is 2.16. The molecule has 1 unspecified atom stereocenters. The fourth-order valence-corrected chi connectivity index (χ4v) is 4.75. The lowest BCUT2D eigenvalue weighted by atomic mass is 10.2. The summed E-state index contributed by atoms with van der Waals surface area (Å²) in [5.41, 5.74) is -0.419. The molecule has 2 N–H and O–H groups in total. The van der Waals surface area contributed by atoms with E-state index >= 15 is 0 Å². The van der Waals surface area contributed by atoms with Gasteiger partial charge in [-0.15, -0.1) is 0 Å². The fourth-order valence-electron chi connectivity index (χ4n) is 3.40. The molecule has 0 bridgehead atoms. The molecule has 204 valence electrons. The molecule has 0 radical (unpaired) electrons. The summed E-state index contributed by atoms with van der Waals surface area (Å²) in [6.45, 7) is 0.949. The summed E-state index contributed by atoms with van der Waals surface area (Å²) < 4.78 is 59.4. The molecule has 0 aliphatic carbocycles. The Bertz CT molecular complexity index is 1470. The van der Waals surface area contributed by atoms with Crippen LogP contribution in [-0.2, 0) is 32.3 Å². The van der Waals surface area contributed by atoms with Crippen LogP contribution in [0.2, 0.25) is 5.02 Å². The number of rotatable bonds is 7. The Labute approximate surface area is 219 Å². The monoisotopic (exact) mass is 579 g/mol. The molecule has 1 aromatic carbocycles. The molecule has 2 heterocycles. The Kier molecular flexibility index (Phi) is 8.36. The average molecular weight is 580 g/mol. The lowest BCUT2D eigenvalue weighted by Gasteiger charge is -2.16. The van der Waals surface area contributed by atoms with Crippen molar-refractivity contribution in [3.63, 3.8) is 0 Å². The second-order valence-corrected chi connectivity index (χ2v) is 9.28. The first-order valence-corrected chi connectivity index (χ1v) is 11.8. The largest absolute Gasteiger partial charge is 0.465 e. The number of alkyl halides is 3. The van der Waals surface area contributed by atoms with E-state index in [9.17, 15) is 41.5 Å². The molecule has 11 nitrogen and oxygen atoms in total. The number of amides is 2. The molecular formula is C21H18ClF4N5O6S. The average Bonchev–Trinajstić information content (AvgIpc) is 3.06. The summed E-state index contributed by atoms with van der Waals surface area (Å²) >= 11 is 6.82. The second-order valence-electron chi connectivity index (χ2n) is 7.70. The van der Waals surface area contributed by atoms with Gasteiger partial charge in [-0.2, -0.15) is 13.2 Å². The topological polar surface area (TPSA) is 146 Å². The van der Waals surface area contributed by atoms with Crippen molar-refractivity contribution in [2.75, 3.05) is 13.2 Å². The second kappa shape index (κ2) is 11.0. The summed E-state index contributed by atoms with van der Waals surface area (Å²) in [6, 6.07) is 1.61. The Morgan fingerprint density at radius 1 is 1.21 bits per heavy atom. The Morgan fingerprint density at radius 3 is 2.45 bits per heavy atom. The van der Waals surface area contributed by atoms with Gasteiger partial charge in [0.2, 0.25) is 11.8 Å².